The van der Waals surface area contributed by atoms with Crippen molar-refractivity contribution in [2.24, 2.45) is 0 Å². The van der Waals surface area contributed by atoms with Gasteiger partial charge in [0.05, 0.1) is 11.3 Å². The van der Waals surface area contributed by atoms with Gasteiger partial charge in [0.25, 0.3) is 0 Å². The Hall–Kier alpha value is -0.670. The van der Waals surface area contributed by atoms with Crippen LogP contribution in [0.4, 0.5) is 0 Å². The minimum Gasteiger partial charge on any atom is -0.492 e. The van der Waals surface area contributed by atoms with Crippen molar-refractivity contribution in [3.05, 3.63) is 29.8 Å². The highest BCUT2D eigenvalue weighted by Gasteiger charge is 2.33. The van der Waals surface area contributed by atoms with Crippen molar-refractivity contribution in [2.75, 3.05) is 12.4 Å². The van der Waals surface area contributed by atoms with E-state index in [-0.39, 0.29) is 0 Å². The van der Waals surface area contributed by atoms with Crippen molar-refractivity contribution in [2.45, 2.75) is 30.7 Å². The molecule has 0 amide bonds. The van der Waals surface area contributed by atoms with Crippen molar-refractivity contribution in [1.29, 1.82) is 0 Å². The smallest absolute Gasteiger partial charge is 0.124 e. The molecule has 3 unspecified atom stereocenters. The third kappa shape index (κ3) is 1.82. The molecule has 0 radical (unpaired) electrons. The first-order valence-electron chi connectivity index (χ1n) is 5.94. The van der Waals surface area contributed by atoms with E-state index in [1.807, 2.05) is 17.8 Å². The maximum atomic E-state index is 5.82. The summed E-state index contributed by atoms with van der Waals surface area (Å²) in [6.07, 6.45) is 1.25. The molecule has 0 spiro atoms. The molecule has 2 aliphatic heterocycles. The van der Waals surface area contributed by atoms with Crippen molar-refractivity contribution in [1.82, 2.24) is 5.32 Å². The first kappa shape index (κ1) is 10.5. The number of ether oxygens (including phenoxy) is 1. The molecule has 0 aromatic heterocycles. The predicted octanol–water partition coefficient (Wildman–Crippen LogP) is 2.60. The van der Waals surface area contributed by atoms with Crippen LogP contribution in [0.5, 0.6) is 5.75 Å². The van der Waals surface area contributed by atoms with Crippen LogP contribution in [-0.2, 0) is 0 Å². The minimum absolute atomic E-state index is 0.465. The Kier molecular flexibility index (Phi) is 2.82. The second kappa shape index (κ2) is 4.30. The van der Waals surface area contributed by atoms with Crippen LogP contribution in [-0.4, -0.2) is 23.7 Å². The number of rotatable bonds is 0. The quantitative estimate of drug-likeness (QED) is 0.747. The topological polar surface area (TPSA) is 21.3 Å². The molecule has 0 saturated carbocycles. The van der Waals surface area contributed by atoms with Crippen molar-refractivity contribution in [3.8, 4) is 5.75 Å². The van der Waals surface area contributed by atoms with Crippen molar-refractivity contribution < 1.29 is 4.74 Å². The molecule has 3 heteroatoms. The fraction of sp³-hybridized carbons (Fsp3) is 0.538. The number of nitrogens with one attached hydrogen (secondary N) is 1. The lowest BCUT2D eigenvalue weighted by Crippen LogP contribution is -2.39. The Morgan fingerprint density at radius 2 is 2.25 bits per heavy atom. The molecule has 1 aromatic carbocycles. The van der Waals surface area contributed by atoms with E-state index in [9.17, 15) is 0 Å². The normalized spacial score (nSPS) is 33.2. The molecule has 0 bridgehead atoms. The molecule has 1 aromatic rings. The van der Waals surface area contributed by atoms with Gasteiger partial charge in [0.1, 0.15) is 12.4 Å². The van der Waals surface area contributed by atoms with Gasteiger partial charge in [0.15, 0.2) is 0 Å². The van der Waals surface area contributed by atoms with Gasteiger partial charge in [0, 0.05) is 11.6 Å². The van der Waals surface area contributed by atoms with Crippen LogP contribution in [0.25, 0.3) is 0 Å². The van der Waals surface area contributed by atoms with Crippen LogP contribution < -0.4 is 10.1 Å². The summed E-state index contributed by atoms with van der Waals surface area (Å²) >= 11 is 2.05. The molecule has 86 valence electrons. The zero-order valence-electron chi connectivity index (χ0n) is 9.48. The molecule has 16 heavy (non-hydrogen) atoms. The molecule has 2 heterocycles. The van der Waals surface area contributed by atoms with E-state index in [4.69, 9.17) is 4.74 Å². The van der Waals surface area contributed by atoms with Crippen LogP contribution in [0.1, 0.15) is 24.9 Å². The zero-order chi connectivity index (χ0) is 11.0. The lowest BCUT2D eigenvalue weighted by Gasteiger charge is -2.33. The van der Waals surface area contributed by atoms with E-state index in [0.29, 0.717) is 17.3 Å². The fourth-order valence-corrected chi connectivity index (χ4v) is 3.84. The Labute approximate surface area is 101 Å². The molecule has 2 aliphatic rings. The Morgan fingerprint density at radius 3 is 3.19 bits per heavy atom. The summed E-state index contributed by atoms with van der Waals surface area (Å²) in [6.45, 7) is 3.12. The minimum atomic E-state index is 0.465. The first-order valence-corrected chi connectivity index (χ1v) is 6.99. The fourth-order valence-electron chi connectivity index (χ4n) is 2.46. The van der Waals surface area contributed by atoms with Crippen LogP contribution >= 0.6 is 11.8 Å². The second-order valence-corrected chi connectivity index (χ2v) is 5.94. The zero-order valence-corrected chi connectivity index (χ0v) is 10.3. The summed E-state index contributed by atoms with van der Waals surface area (Å²) in [4.78, 5) is 0. The number of hydrogen-bond acceptors (Lipinski definition) is 3. The lowest BCUT2D eigenvalue weighted by molar-refractivity contribution is 0.255. The van der Waals surface area contributed by atoms with Gasteiger partial charge in [-0.2, -0.15) is 11.8 Å². The highest BCUT2D eigenvalue weighted by atomic mass is 32.2. The molecule has 1 saturated heterocycles. The number of fused-ring (bicyclic) bond motifs is 3. The van der Waals surface area contributed by atoms with Gasteiger partial charge in [-0.3, -0.25) is 0 Å². The first-order chi connectivity index (χ1) is 7.84. The van der Waals surface area contributed by atoms with E-state index in [1.54, 1.807) is 0 Å². The second-order valence-electron chi connectivity index (χ2n) is 4.59. The van der Waals surface area contributed by atoms with Crippen molar-refractivity contribution >= 4 is 11.8 Å². The van der Waals surface area contributed by atoms with Crippen LogP contribution in [0.15, 0.2) is 24.3 Å². The van der Waals surface area contributed by atoms with Gasteiger partial charge in [-0.15, -0.1) is 0 Å². The Bertz CT molecular complexity index is 382. The van der Waals surface area contributed by atoms with E-state index >= 15 is 0 Å². The third-order valence-corrected chi connectivity index (χ3v) is 4.68. The van der Waals surface area contributed by atoms with Crippen LogP contribution in [0.2, 0.25) is 0 Å². The van der Waals surface area contributed by atoms with Gasteiger partial charge in [-0.1, -0.05) is 18.2 Å². The lowest BCUT2D eigenvalue weighted by atomic mass is 9.99. The van der Waals surface area contributed by atoms with E-state index in [0.717, 1.165) is 12.4 Å². The molecule has 2 nitrogen and oxygen atoms in total. The third-order valence-electron chi connectivity index (χ3n) is 3.38. The number of para-hydroxylation sites is 1. The molecular weight excluding hydrogens is 218 g/mol. The van der Waals surface area contributed by atoms with E-state index in [1.165, 1.54) is 17.7 Å². The average Bonchev–Trinajstić information content (AvgIpc) is 2.50. The Balaban J connectivity index is 1.95. The summed E-state index contributed by atoms with van der Waals surface area (Å²) in [5.41, 5.74) is 1.33. The van der Waals surface area contributed by atoms with Gasteiger partial charge >= 0.3 is 0 Å². The SMILES string of the molecule is CC1CCSC2COc3ccccc3C2N1. The summed E-state index contributed by atoms with van der Waals surface area (Å²) < 4.78 is 5.82. The Morgan fingerprint density at radius 1 is 1.38 bits per heavy atom. The summed E-state index contributed by atoms with van der Waals surface area (Å²) in [5.74, 6) is 2.30. The maximum Gasteiger partial charge on any atom is 0.124 e. The molecule has 0 aliphatic carbocycles. The molecule has 3 atom stereocenters. The summed E-state index contributed by atoms with van der Waals surface area (Å²) in [7, 11) is 0. The van der Waals surface area contributed by atoms with Gasteiger partial charge < -0.3 is 10.1 Å². The van der Waals surface area contributed by atoms with Gasteiger partial charge in [-0.25, -0.2) is 0 Å². The van der Waals surface area contributed by atoms with E-state index < -0.39 is 0 Å². The van der Waals surface area contributed by atoms with Gasteiger partial charge in [0.2, 0.25) is 0 Å². The highest BCUT2D eigenvalue weighted by molar-refractivity contribution is 8.00. The summed E-state index contributed by atoms with van der Waals surface area (Å²) in [5, 5.41) is 4.31. The number of benzene rings is 1. The molecule has 3 rings (SSSR count). The maximum absolute atomic E-state index is 5.82. The van der Waals surface area contributed by atoms with Crippen molar-refractivity contribution in [3.63, 3.8) is 0 Å². The van der Waals surface area contributed by atoms with Crippen LogP contribution in [0, 0.1) is 0 Å². The number of hydrogen-bond donors (Lipinski definition) is 1. The molecule has 1 fully saturated rings. The number of thioether (sulfide) groups is 1. The predicted molar refractivity (Wildman–Crippen MR) is 68.1 cm³/mol. The largest absolute Gasteiger partial charge is 0.492 e. The van der Waals surface area contributed by atoms with Gasteiger partial charge in [-0.05, 0) is 25.2 Å². The van der Waals surface area contributed by atoms with Crippen LogP contribution in [0.3, 0.4) is 0 Å². The highest BCUT2D eigenvalue weighted by Crippen LogP contribution is 2.39. The molecule has 1 N–H and O–H groups in total. The molecular formula is C13H17NOS. The standard InChI is InChI=1S/C13H17NOS/c1-9-6-7-16-12-8-15-11-5-3-2-4-10(11)13(12)14-9/h2-5,9,12-14H,6-8H2,1H3. The average molecular weight is 235 g/mol. The summed E-state index contributed by atoms with van der Waals surface area (Å²) in [6, 6.07) is 9.49. The monoisotopic (exact) mass is 235 g/mol. The van der Waals surface area contributed by atoms with E-state index in [2.05, 4.69) is 30.4 Å².